The van der Waals surface area contributed by atoms with E-state index in [0.29, 0.717) is 21.1 Å². The Kier molecular flexibility index (Phi) is 3.82. The van der Waals surface area contributed by atoms with Crippen LogP contribution in [-0.4, -0.2) is 16.7 Å². The zero-order chi connectivity index (χ0) is 15.7. The van der Waals surface area contributed by atoms with Gasteiger partial charge in [-0.05, 0) is 17.5 Å². The molecule has 0 aliphatic carbocycles. The predicted molar refractivity (Wildman–Crippen MR) is 88.2 cm³/mol. The second-order valence-corrected chi connectivity index (χ2v) is 6.41. The van der Waals surface area contributed by atoms with Gasteiger partial charge in [-0.3, -0.25) is 19.7 Å². The number of nitrogens with zero attached hydrogens (tertiary/aromatic N) is 1. The molecule has 0 spiro atoms. The number of anilines is 1. The van der Waals surface area contributed by atoms with Crippen LogP contribution in [0, 0.1) is 0 Å². The van der Waals surface area contributed by atoms with Gasteiger partial charge < -0.3 is 0 Å². The molecule has 0 saturated heterocycles. The number of hydrogen-bond donors (Lipinski definition) is 1. The normalized spacial score (nSPS) is 10.6. The van der Waals surface area contributed by atoms with Crippen molar-refractivity contribution in [2.24, 2.45) is 0 Å². The molecule has 110 valence electrons. The maximum absolute atomic E-state index is 12.2. The fourth-order valence-electron chi connectivity index (χ4n) is 1.90. The molecule has 2 heterocycles. The number of aromatic nitrogens is 1. The molecular weight excluding hydrogens is 320 g/mol. The van der Waals surface area contributed by atoms with Crippen LogP contribution in [0.25, 0.3) is 10.8 Å². The van der Waals surface area contributed by atoms with Crippen molar-refractivity contribution in [3.8, 4) is 0 Å². The monoisotopic (exact) mass is 330 g/mol. The van der Waals surface area contributed by atoms with E-state index in [9.17, 15) is 14.4 Å². The smallest absolute Gasteiger partial charge is 0.267 e. The van der Waals surface area contributed by atoms with Gasteiger partial charge in [0.1, 0.15) is 5.69 Å². The van der Waals surface area contributed by atoms with Crippen molar-refractivity contribution >= 4 is 50.3 Å². The molecule has 7 heteroatoms. The third-order valence-electron chi connectivity index (χ3n) is 2.98. The van der Waals surface area contributed by atoms with Gasteiger partial charge in [0.05, 0.1) is 4.88 Å². The third-order valence-corrected chi connectivity index (χ3v) is 4.67. The summed E-state index contributed by atoms with van der Waals surface area (Å²) in [6, 6.07) is 8.80. The number of carbonyl (C=O) groups is 2. The predicted octanol–water partition coefficient (Wildman–Crippen LogP) is 3.17. The minimum Gasteiger partial charge on any atom is -0.297 e. The summed E-state index contributed by atoms with van der Waals surface area (Å²) in [6.45, 7) is 1.41. The molecule has 1 amide bonds. The number of amides is 1. The highest BCUT2D eigenvalue weighted by molar-refractivity contribution is 7.14. The lowest BCUT2D eigenvalue weighted by Crippen LogP contribution is -2.12. The lowest BCUT2D eigenvalue weighted by atomic mass is 10.2. The van der Waals surface area contributed by atoms with Crippen LogP contribution in [0.3, 0.4) is 0 Å². The van der Waals surface area contributed by atoms with E-state index < -0.39 is 5.91 Å². The molecule has 2 aromatic heterocycles. The van der Waals surface area contributed by atoms with Crippen LogP contribution in [0.5, 0.6) is 0 Å². The molecule has 0 atom stereocenters. The number of thiazole rings is 1. The first kappa shape index (κ1) is 14.6. The van der Waals surface area contributed by atoms with Gasteiger partial charge >= 0.3 is 0 Å². The molecular formula is C15H10N2O3S2. The molecule has 3 rings (SSSR count). The lowest BCUT2D eigenvalue weighted by Gasteiger charge is -2.02. The summed E-state index contributed by atoms with van der Waals surface area (Å²) in [5, 5.41) is 5.85. The molecule has 22 heavy (non-hydrogen) atoms. The van der Waals surface area contributed by atoms with E-state index in [1.54, 1.807) is 29.6 Å². The summed E-state index contributed by atoms with van der Waals surface area (Å²) in [5.41, 5.74) is 0.312. The quantitative estimate of drug-likeness (QED) is 0.748. The molecule has 0 fully saturated rings. The highest BCUT2D eigenvalue weighted by Gasteiger charge is 2.13. The summed E-state index contributed by atoms with van der Waals surface area (Å²) in [7, 11) is 0. The zero-order valence-electron chi connectivity index (χ0n) is 11.5. The number of Topliss-reactive ketones (excluding diaryl/α,β-unsaturated/α-hetero) is 1. The lowest BCUT2D eigenvalue weighted by molar-refractivity contribution is 0.100. The van der Waals surface area contributed by atoms with Gasteiger partial charge in [-0.15, -0.1) is 11.3 Å². The molecule has 0 aliphatic rings. The number of benzene rings is 1. The van der Waals surface area contributed by atoms with E-state index in [-0.39, 0.29) is 10.5 Å². The average Bonchev–Trinajstić information content (AvgIpc) is 2.96. The van der Waals surface area contributed by atoms with Crippen molar-refractivity contribution in [1.82, 2.24) is 4.98 Å². The largest absolute Gasteiger partial charge is 0.297 e. The van der Waals surface area contributed by atoms with Crippen LogP contribution < -0.4 is 10.1 Å². The van der Waals surface area contributed by atoms with E-state index in [0.717, 1.165) is 16.7 Å². The fourth-order valence-corrected chi connectivity index (χ4v) is 3.47. The molecule has 3 aromatic rings. The summed E-state index contributed by atoms with van der Waals surface area (Å²) in [5.74, 6) is -0.565. The molecule has 0 bridgehead atoms. The first-order chi connectivity index (χ1) is 10.5. The van der Waals surface area contributed by atoms with Crippen LogP contribution >= 0.6 is 22.7 Å². The van der Waals surface area contributed by atoms with Crippen molar-refractivity contribution < 1.29 is 9.59 Å². The second-order valence-electron chi connectivity index (χ2n) is 4.53. The first-order valence-electron chi connectivity index (χ1n) is 6.35. The van der Waals surface area contributed by atoms with Crippen molar-refractivity contribution in [2.75, 3.05) is 5.32 Å². The second kappa shape index (κ2) is 5.78. The Balaban J connectivity index is 1.91. The van der Waals surface area contributed by atoms with Gasteiger partial charge in [0.2, 0.25) is 4.74 Å². The van der Waals surface area contributed by atoms with Crippen LogP contribution in [-0.2, 0) is 0 Å². The SMILES string of the molecule is CC(=O)c1csc(NC(=O)c2cc3ccccc3c(=O)s2)n1. The minimum atomic E-state index is -0.405. The van der Waals surface area contributed by atoms with Gasteiger partial charge in [-0.25, -0.2) is 4.98 Å². The van der Waals surface area contributed by atoms with Crippen molar-refractivity contribution in [1.29, 1.82) is 0 Å². The van der Waals surface area contributed by atoms with E-state index in [2.05, 4.69) is 10.3 Å². The molecule has 0 radical (unpaired) electrons. The molecule has 0 aliphatic heterocycles. The van der Waals surface area contributed by atoms with Gasteiger partial charge in [-0.1, -0.05) is 29.5 Å². The Morgan fingerprint density at radius 2 is 2.00 bits per heavy atom. The van der Waals surface area contributed by atoms with Gasteiger partial charge in [0.15, 0.2) is 10.9 Å². The van der Waals surface area contributed by atoms with E-state index in [4.69, 9.17) is 0 Å². The highest BCUT2D eigenvalue weighted by Crippen LogP contribution is 2.19. The molecule has 0 saturated carbocycles. The zero-order valence-corrected chi connectivity index (χ0v) is 13.1. The van der Waals surface area contributed by atoms with E-state index in [1.165, 1.54) is 18.3 Å². The Hall–Kier alpha value is -2.38. The number of ketones is 1. The summed E-state index contributed by atoms with van der Waals surface area (Å²) < 4.78 is -0.160. The summed E-state index contributed by atoms with van der Waals surface area (Å²) >= 11 is 2.06. The summed E-state index contributed by atoms with van der Waals surface area (Å²) in [6.07, 6.45) is 0. The molecule has 1 N–H and O–H groups in total. The van der Waals surface area contributed by atoms with Crippen LogP contribution in [0.15, 0.2) is 40.5 Å². The van der Waals surface area contributed by atoms with Crippen molar-refractivity contribution in [2.45, 2.75) is 6.92 Å². The maximum Gasteiger partial charge on any atom is 0.267 e. The summed E-state index contributed by atoms with van der Waals surface area (Å²) in [4.78, 5) is 39.8. The van der Waals surface area contributed by atoms with E-state index >= 15 is 0 Å². The number of carbonyl (C=O) groups excluding carboxylic acids is 2. The van der Waals surface area contributed by atoms with Gasteiger partial charge in [0.25, 0.3) is 5.91 Å². The van der Waals surface area contributed by atoms with Crippen LogP contribution in [0.2, 0.25) is 0 Å². The topological polar surface area (TPSA) is 76.1 Å². The van der Waals surface area contributed by atoms with Crippen molar-refractivity contribution in [3.63, 3.8) is 0 Å². The van der Waals surface area contributed by atoms with Crippen LogP contribution in [0.1, 0.15) is 27.1 Å². The number of nitrogens with one attached hydrogen (secondary N) is 1. The van der Waals surface area contributed by atoms with E-state index in [1.807, 2.05) is 6.07 Å². The Morgan fingerprint density at radius 3 is 2.73 bits per heavy atom. The third kappa shape index (κ3) is 2.81. The number of rotatable bonds is 3. The Bertz CT molecular complexity index is 943. The van der Waals surface area contributed by atoms with Gasteiger partial charge in [-0.2, -0.15) is 0 Å². The van der Waals surface area contributed by atoms with Crippen molar-refractivity contribution in [3.05, 3.63) is 55.8 Å². The molecule has 1 aromatic carbocycles. The minimum absolute atomic E-state index is 0.160. The highest BCUT2D eigenvalue weighted by atomic mass is 32.1. The molecule has 0 unspecified atom stereocenters. The van der Waals surface area contributed by atoms with Crippen LogP contribution in [0.4, 0.5) is 5.13 Å². The van der Waals surface area contributed by atoms with Gasteiger partial charge in [0, 0.05) is 17.7 Å². The molecule has 5 nitrogen and oxygen atoms in total. The average molecular weight is 330 g/mol. The maximum atomic E-state index is 12.2. The fraction of sp³-hybridized carbons (Fsp3) is 0.0667. The number of fused-ring (bicyclic) bond motifs is 1. The standard InChI is InChI=1S/C15H10N2O3S2/c1-8(18)11-7-21-15(16-11)17-13(19)12-6-9-4-2-3-5-10(9)14(20)22-12/h2-7H,1H3,(H,16,17,19). The Labute approximate surface area is 133 Å². The number of hydrogen-bond acceptors (Lipinski definition) is 6. The Morgan fingerprint density at radius 1 is 1.23 bits per heavy atom. The first-order valence-corrected chi connectivity index (χ1v) is 8.05.